The highest BCUT2D eigenvalue weighted by atomic mass is 19.2. The fourth-order valence-corrected chi connectivity index (χ4v) is 1.31. The van der Waals surface area contributed by atoms with Crippen LogP contribution in [0.25, 0.3) is 0 Å². The number of aromatic nitrogens is 2. The molecule has 94 valence electrons. The van der Waals surface area contributed by atoms with Crippen LogP contribution in [0.5, 0.6) is 0 Å². The summed E-state index contributed by atoms with van der Waals surface area (Å²) < 4.78 is 39.1. The van der Waals surface area contributed by atoms with Crippen LogP contribution in [-0.4, -0.2) is 16.1 Å². The Bertz CT molecular complexity index is 611. The van der Waals surface area contributed by atoms with Crippen LogP contribution in [0, 0.1) is 17.5 Å². The van der Waals surface area contributed by atoms with E-state index in [0.717, 1.165) is 6.20 Å². The lowest BCUT2D eigenvalue weighted by Gasteiger charge is -2.06. The van der Waals surface area contributed by atoms with Gasteiger partial charge in [0, 0.05) is 12.1 Å². The summed E-state index contributed by atoms with van der Waals surface area (Å²) in [5.41, 5.74) is 4.70. The van der Waals surface area contributed by atoms with Crippen molar-refractivity contribution in [2.45, 2.75) is 0 Å². The first-order valence-corrected chi connectivity index (χ1v) is 4.73. The molecule has 1 aromatic carbocycles. The van der Waals surface area contributed by atoms with Crippen molar-refractivity contribution in [2.75, 3.05) is 11.1 Å². The summed E-state index contributed by atoms with van der Waals surface area (Å²) in [5.74, 6) is -4.63. The second-order valence-corrected chi connectivity index (χ2v) is 3.40. The first-order chi connectivity index (χ1) is 8.49. The Morgan fingerprint density at radius 3 is 2.67 bits per heavy atom. The van der Waals surface area contributed by atoms with Gasteiger partial charge in [0.05, 0.1) is 11.9 Å². The molecule has 8 heteroatoms. The molecule has 0 aliphatic carbocycles. The van der Waals surface area contributed by atoms with Crippen LogP contribution in [0.4, 0.5) is 24.7 Å². The summed E-state index contributed by atoms with van der Waals surface area (Å²) in [4.78, 5) is 11.6. The van der Waals surface area contributed by atoms with E-state index in [0.29, 0.717) is 12.1 Å². The van der Waals surface area contributed by atoms with Gasteiger partial charge in [0.15, 0.2) is 11.6 Å². The zero-order valence-electron chi connectivity index (χ0n) is 8.80. The first-order valence-electron chi connectivity index (χ1n) is 4.73. The van der Waals surface area contributed by atoms with Gasteiger partial charge >= 0.3 is 0 Å². The summed E-state index contributed by atoms with van der Waals surface area (Å²) in [6.45, 7) is 0. The molecule has 1 aromatic heterocycles. The Balaban J connectivity index is 2.30. The van der Waals surface area contributed by atoms with Gasteiger partial charge in [-0.25, -0.2) is 13.2 Å². The average Bonchev–Trinajstić information content (AvgIpc) is 2.71. The number of nitrogens with zero attached hydrogens (tertiary/aromatic N) is 1. The minimum Gasteiger partial charge on any atom is -0.383 e. The van der Waals surface area contributed by atoms with Gasteiger partial charge < -0.3 is 11.1 Å². The predicted octanol–water partition coefficient (Wildman–Crippen LogP) is 1.66. The van der Waals surface area contributed by atoms with Gasteiger partial charge in [0.1, 0.15) is 17.2 Å². The number of nitrogen functional groups attached to an aromatic ring is 1. The number of carbonyl (C=O) groups excluding carboxylic acids is 1. The first kappa shape index (κ1) is 12.0. The molecule has 0 bridgehead atoms. The molecule has 0 aliphatic heterocycles. The monoisotopic (exact) mass is 256 g/mol. The van der Waals surface area contributed by atoms with Gasteiger partial charge in [0.2, 0.25) is 0 Å². The maximum atomic E-state index is 13.3. The quantitative estimate of drug-likeness (QED) is 0.714. The fourth-order valence-electron chi connectivity index (χ4n) is 1.31. The number of benzene rings is 1. The lowest BCUT2D eigenvalue weighted by atomic mass is 10.2. The summed E-state index contributed by atoms with van der Waals surface area (Å²) >= 11 is 0. The third kappa shape index (κ3) is 2.12. The standard InChI is InChI=1S/C10H7F3N4O/c11-4-1-6(12)8(13)7(2-4)16-10(18)5-3-15-17-9(5)14/h1-3H,(H,16,18)(H3,14,15,17). The van der Waals surface area contributed by atoms with Gasteiger partial charge in [-0.15, -0.1) is 0 Å². The molecule has 0 fully saturated rings. The van der Waals surface area contributed by atoms with Crippen LogP contribution in [0.15, 0.2) is 18.3 Å². The number of hydrogen-bond acceptors (Lipinski definition) is 3. The molecule has 0 radical (unpaired) electrons. The molecule has 1 heterocycles. The molecule has 0 atom stereocenters. The Kier molecular flexibility index (Phi) is 2.92. The maximum Gasteiger partial charge on any atom is 0.261 e. The minimum atomic E-state index is -1.40. The number of carbonyl (C=O) groups is 1. The van der Waals surface area contributed by atoms with Crippen molar-refractivity contribution in [3.8, 4) is 0 Å². The van der Waals surface area contributed by atoms with E-state index >= 15 is 0 Å². The van der Waals surface area contributed by atoms with Crippen molar-refractivity contribution in [3.63, 3.8) is 0 Å². The van der Waals surface area contributed by atoms with Crippen molar-refractivity contribution < 1.29 is 18.0 Å². The lowest BCUT2D eigenvalue weighted by Crippen LogP contribution is -2.14. The number of rotatable bonds is 2. The highest BCUT2D eigenvalue weighted by Crippen LogP contribution is 2.20. The number of nitrogens with two attached hydrogens (primary N) is 1. The molecule has 0 spiro atoms. The van der Waals surface area contributed by atoms with Crippen LogP contribution in [0.2, 0.25) is 0 Å². The molecular formula is C10H7F3N4O. The Hall–Kier alpha value is -2.51. The normalized spacial score (nSPS) is 10.4. The second-order valence-electron chi connectivity index (χ2n) is 3.40. The third-order valence-electron chi connectivity index (χ3n) is 2.15. The Labute approximate surface area is 98.8 Å². The van der Waals surface area contributed by atoms with Gasteiger partial charge in [0.25, 0.3) is 5.91 Å². The predicted molar refractivity (Wildman–Crippen MR) is 57.3 cm³/mol. The smallest absolute Gasteiger partial charge is 0.261 e. The lowest BCUT2D eigenvalue weighted by molar-refractivity contribution is 0.102. The summed E-state index contributed by atoms with van der Waals surface area (Å²) in [6.07, 6.45) is 1.11. The molecule has 4 N–H and O–H groups in total. The molecule has 18 heavy (non-hydrogen) atoms. The van der Waals surface area contributed by atoms with E-state index in [1.807, 2.05) is 5.32 Å². The topological polar surface area (TPSA) is 83.8 Å². The van der Waals surface area contributed by atoms with Crippen molar-refractivity contribution in [3.05, 3.63) is 41.3 Å². The highest BCUT2D eigenvalue weighted by Gasteiger charge is 2.16. The van der Waals surface area contributed by atoms with Crippen LogP contribution in [-0.2, 0) is 0 Å². The Morgan fingerprint density at radius 2 is 2.06 bits per heavy atom. The molecule has 0 aliphatic rings. The Morgan fingerprint density at radius 1 is 1.33 bits per heavy atom. The number of H-pyrrole nitrogens is 1. The van der Waals surface area contributed by atoms with Crippen molar-refractivity contribution >= 4 is 17.4 Å². The van der Waals surface area contributed by atoms with E-state index in [1.165, 1.54) is 0 Å². The van der Waals surface area contributed by atoms with Gasteiger partial charge in [-0.05, 0) is 0 Å². The van der Waals surface area contributed by atoms with Crippen LogP contribution >= 0.6 is 0 Å². The van der Waals surface area contributed by atoms with E-state index < -0.39 is 29.0 Å². The van der Waals surface area contributed by atoms with Crippen LogP contribution < -0.4 is 11.1 Å². The third-order valence-corrected chi connectivity index (χ3v) is 2.15. The number of aromatic amines is 1. The summed E-state index contributed by atoms with van der Waals surface area (Å²) in [5, 5.41) is 7.79. The largest absolute Gasteiger partial charge is 0.383 e. The molecule has 0 saturated heterocycles. The summed E-state index contributed by atoms with van der Waals surface area (Å²) in [6, 6.07) is 1.03. The molecule has 2 aromatic rings. The van der Waals surface area contributed by atoms with Crippen molar-refractivity contribution in [2.24, 2.45) is 0 Å². The number of hydrogen-bond donors (Lipinski definition) is 3. The fraction of sp³-hybridized carbons (Fsp3) is 0. The number of halogens is 3. The highest BCUT2D eigenvalue weighted by molar-refractivity contribution is 6.07. The second kappa shape index (κ2) is 4.40. The molecule has 5 nitrogen and oxygen atoms in total. The molecule has 2 rings (SSSR count). The van der Waals surface area contributed by atoms with Gasteiger partial charge in [-0.2, -0.15) is 5.10 Å². The van der Waals surface area contributed by atoms with Crippen molar-refractivity contribution in [1.82, 2.24) is 10.2 Å². The average molecular weight is 256 g/mol. The molecule has 1 amide bonds. The number of anilines is 2. The summed E-state index contributed by atoms with van der Waals surface area (Å²) in [7, 11) is 0. The molecule has 0 unspecified atom stereocenters. The van der Waals surface area contributed by atoms with E-state index in [4.69, 9.17) is 5.73 Å². The zero-order valence-corrected chi connectivity index (χ0v) is 8.80. The maximum absolute atomic E-state index is 13.3. The van der Waals surface area contributed by atoms with E-state index in [-0.39, 0.29) is 11.4 Å². The van der Waals surface area contributed by atoms with Crippen molar-refractivity contribution in [1.29, 1.82) is 0 Å². The SMILES string of the molecule is Nc1[nH]ncc1C(=O)Nc1cc(F)cc(F)c1F. The van der Waals surface area contributed by atoms with Gasteiger partial charge in [-0.1, -0.05) is 0 Å². The van der Waals surface area contributed by atoms with Crippen LogP contribution in [0.3, 0.4) is 0 Å². The zero-order chi connectivity index (χ0) is 13.3. The number of amides is 1. The van der Waals surface area contributed by atoms with E-state index in [9.17, 15) is 18.0 Å². The van der Waals surface area contributed by atoms with E-state index in [1.54, 1.807) is 0 Å². The van der Waals surface area contributed by atoms with Crippen LogP contribution in [0.1, 0.15) is 10.4 Å². The minimum absolute atomic E-state index is 0.0372. The molecular weight excluding hydrogens is 249 g/mol. The number of nitrogens with one attached hydrogen (secondary N) is 2. The van der Waals surface area contributed by atoms with Gasteiger partial charge in [-0.3, -0.25) is 9.89 Å². The van der Waals surface area contributed by atoms with E-state index in [2.05, 4.69) is 10.2 Å². The molecule has 0 saturated carbocycles.